The van der Waals surface area contributed by atoms with Crippen molar-refractivity contribution < 1.29 is 23.9 Å². The van der Waals surface area contributed by atoms with Crippen molar-refractivity contribution in [3.63, 3.8) is 0 Å². The maximum absolute atomic E-state index is 12.5. The third kappa shape index (κ3) is 6.79. The SMILES string of the molecule is CC(C)(C)OC(=O)N1CCCC(C(=O)OCC(=O)N(CC#N)c2ccccc2)C1. The minimum absolute atomic E-state index is 0.143. The van der Waals surface area contributed by atoms with E-state index in [9.17, 15) is 14.4 Å². The van der Waals surface area contributed by atoms with Crippen LogP contribution in [0.3, 0.4) is 0 Å². The summed E-state index contributed by atoms with van der Waals surface area (Å²) in [6, 6.07) is 10.7. The molecule has 1 unspecified atom stereocenters. The van der Waals surface area contributed by atoms with Crippen LogP contribution in [0, 0.1) is 17.2 Å². The van der Waals surface area contributed by atoms with Crippen LogP contribution in [-0.4, -0.2) is 54.7 Å². The maximum atomic E-state index is 12.5. The van der Waals surface area contributed by atoms with Gasteiger partial charge in [-0.05, 0) is 45.7 Å². The Kier molecular flexibility index (Phi) is 7.59. The lowest BCUT2D eigenvalue weighted by Crippen LogP contribution is -2.45. The van der Waals surface area contributed by atoms with Gasteiger partial charge < -0.3 is 14.4 Å². The number of carbonyl (C=O) groups excluding carboxylic acids is 3. The van der Waals surface area contributed by atoms with Crippen LogP contribution in [0.25, 0.3) is 0 Å². The van der Waals surface area contributed by atoms with E-state index in [0.29, 0.717) is 25.1 Å². The summed E-state index contributed by atoms with van der Waals surface area (Å²) in [5.74, 6) is -1.52. The van der Waals surface area contributed by atoms with Crippen LogP contribution >= 0.6 is 0 Å². The molecule has 8 nitrogen and oxygen atoms in total. The lowest BCUT2D eigenvalue weighted by atomic mass is 9.98. The second kappa shape index (κ2) is 9.92. The van der Waals surface area contributed by atoms with Crippen molar-refractivity contribution >= 4 is 23.7 Å². The molecule has 1 aromatic carbocycles. The Morgan fingerprint density at radius 3 is 2.55 bits per heavy atom. The van der Waals surface area contributed by atoms with Gasteiger partial charge in [0, 0.05) is 18.8 Å². The number of esters is 1. The molecule has 1 aliphatic heterocycles. The highest BCUT2D eigenvalue weighted by Crippen LogP contribution is 2.21. The molecule has 0 spiro atoms. The number of benzene rings is 1. The fourth-order valence-electron chi connectivity index (χ4n) is 2.99. The predicted octanol–water partition coefficient (Wildman–Crippen LogP) is 2.73. The van der Waals surface area contributed by atoms with Crippen molar-refractivity contribution in [1.29, 1.82) is 5.26 Å². The number of nitrogens with zero attached hydrogens (tertiary/aromatic N) is 3. The molecular weight excluding hydrogens is 374 g/mol. The van der Waals surface area contributed by atoms with Gasteiger partial charge in [0.05, 0.1) is 12.0 Å². The number of anilines is 1. The number of hydrogen-bond acceptors (Lipinski definition) is 6. The van der Waals surface area contributed by atoms with Crippen molar-refractivity contribution in [1.82, 2.24) is 4.90 Å². The van der Waals surface area contributed by atoms with Crippen LogP contribution in [0.1, 0.15) is 33.6 Å². The first-order valence-corrected chi connectivity index (χ1v) is 9.58. The van der Waals surface area contributed by atoms with Gasteiger partial charge >= 0.3 is 12.1 Å². The minimum Gasteiger partial charge on any atom is -0.455 e. The molecule has 0 bridgehead atoms. The first kappa shape index (κ1) is 22.2. The van der Waals surface area contributed by atoms with Crippen LogP contribution in [-0.2, 0) is 19.1 Å². The van der Waals surface area contributed by atoms with Gasteiger partial charge in [0.1, 0.15) is 12.1 Å². The Morgan fingerprint density at radius 1 is 1.24 bits per heavy atom. The zero-order chi connectivity index (χ0) is 21.4. The highest BCUT2D eigenvalue weighted by atomic mass is 16.6. The van der Waals surface area contributed by atoms with Crippen LogP contribution in [0.5, 0.6) is 0 Å². The number of hydrogen-bond donors (Lipinski definition) is 0. The average molecular weight is 401 g/mol. The molecule has 0 aromatic heterocycles. The standard InChI is InChI=1S/C21H27N3O5/c1-21(2,3)29-20(27)23-12-7-8-16(14-23)19(26)28-15-18(25)24(13-11-22)17-9-5-4-6-10-17/h4-6,9-10,16H,7-8,12-15H2,1-3H3. The molecule has 0 radical (unpaired) electrons. The van der Waals surface area contributed by atoms with Crippen LogP contribution < -0.4 is 4.90 Å². The van der Waals surface area contributed by atoms with E-state index in [-0.39, 0.29) is 13.1 Å². The highest BCUT2D eigenvalue weighted by Gasteiger charge is 2.32. The predicted molar refractivity (Wildman–Crippen MR) is 106 cm³/mol. The fraction of sp³-hybridized carbons (Fsp3) is 0.524. The summed E-state index contributed by atoms with van der Waals surface area (Å²) >= 11 is 0. The van der Waals surface area contributed by atoms with Crippen molar-refractivity contribution in [2.75, 3.05) is 31.1 Å². The summed E-state index contributed by atoms with van der Waals surface area (Å²) in [6.07, 6.45) is 0.764. The highest BCUT2D eigenvalue weighted by molar-refractivity contribution is 5.95. The van der Waals surface area contributed by atoms with E-state index in [4.69, 9.17) is 14.7 Å². The summed E-state index contributed by atoms with van der Waals surface area (Å²) in [7, 11) is 0. The molecule has 1 heterocycles. The zero-order valence-corrected chi connectivity index (χ0v) is 17.1. The van der Waals surface area contributed by atoms with Gasteiger partial charge in [-0.3, -0.25) is 14.5 Å². The topological polar surface area (TPSA) is 99.9 Å². The largest absolute Gasteiger partial charge is 0.455 e. The molecule has 8 heteroatoms. The molecule has 1 atom stereocenters. The number of rotatable bonds is 5. The molecule has 0 aliphatic carbocycles. The smallest absolute Gasteiger partial charge is 0.410 e. The molecule has 0 saturated carbocycles. The number of likely N-dealkylation sites (tertiary alicyclic amines) is 1. The first-order chi connectivity index (χ1) is 13.7. The Balaban J connectivity index is 1.91. The van der Waals surface area contributed by atoms with Crippen LogP contribution in [0.2, 0.25) is 0 Å². The van der Waals surface area contributed by atoms with Gasteiger partial charge in [0.15, 0.2) is 6.61 Å². The monoisotopic (exact) mass is 401 g/mol. The Bertz CT molecular complexity index is 767. The van der Waals surface area contributed by atoms with Gasteiger partial charge in [-0.2, -0.15) is 5.26 Å². The van der Waals surface area contributed by atoms with Crippen molar-refractivity contribution in [2.45, 2.75) is 39.2 Å². The number of piperidine rings is 1. The molecule has 1 saturated heterocycles. The lowest BCUT2D eigenvalue weighted by molar-refractivity contribution is -0.153. The van der Waals surface area contributed by atoms with E-state index in [1.165, 1.54) is 9.80 Å². The van der Waals surface area contributed by atoms with E-state index in [0.717, 1.165) is 0 Å². The van der Waals surface area contributed by atoms with E-state index < -0.39 is 36.1 Å². The second-order valence-electron chi connectivity index (χ2n) is 7.85. The first-order valence-electron chi connectivity index (χ1n) is 9.58. The fourth-order valence-corrected chi connectivity index (χ4v) is 2.99. The van der Waals surface area contributed by atoms with E-state index in [1.54, 1.807) is 51.1 Å². The molecular formula is C21H27N3O5. The summed E-state index contributed by atoms with van der Waals surface area (Å²) in [6.45, 7) is 5.46. The maximum Gasteiger partial charge on any atom is 0.410 e. The van der Waals surface area contributed by atoms with Crippen molar-refractivity contribution in [3.05, 3.63) is 30.3 Å². The Labute approximate surface area is 171 Å². The average Bonchev–Trinajstić information content (AvgIpc) is 2.69. The molecule has 1 aliphatic rings. The third-order valence-electron chi connectivity index (χ3n) is 4.34. The third-order valence-corrected chi connectivity index (χ3v) is 4.34. The van der Waals surface area contributed by atoms with E-state index in [2.05, 4.69) is 0 Å². The van der Waals surface area contributed by atoms with Gasteiger partial charge in [0.25, 0.3) is 5.91 Å². The minimum atomic E-state index is -0.613. The van der Waals surface area contributed by atoms with Gasteiger partial charge in [-0.15, -0.1) is 0 Å². The van der Waals surface area contributed by atoms with E-state index >= 15 is 0 Å². The van der Waals surface area contributed by atoms with Crippen molar-refractivity contribution in [3.8, 4) is 6.07 Å². The molecule has 2 rings (SSSR count). The summed E-state index contributed by atoms with van der Waals surface area (Å²) in [5.41, 5.74) is -0.0534. The molecule has 1 fully saturated rings. The van der Waals surface area contributed by atoms with Gasteiger partial charge in [-0.1, -0.05) is 18.2 Å². The number of nitriles is 1. The molecule has 29 heavy (non-hydrogen) atoms. The molecule has 1 aromatic rings. The molecule has 2 amide bonds. The van der Waals surface area contributed by atoms with E-state index in [1.807, 2.05) is 6.07 Å². The van der Waals surface area contributed by atoms with Crippen molar-refractivity contribution in [2.24, 2.45) is 5.92 Å². The number of para-hydroxylation sites is 1. The zero-order valence-electron chi connectivity index (χ0n) is 17.1. The number of amides is 2. The molecule has 156 valence electrons. The number of ether oxygens (including phenoxy) is 2. The van der Waals surface area contributed by atoms with Crippen LogP contribution in [0.15, 0.2) is 30.3 Å². The Hall–Kier alpha value is -3.08. The summed E-state index contributed by atoms with van der Waals surface area (Å²) in [5, 5.41) is 8.99. The number of carbonyl (C=O) groups is 3. The van der Waals surface area contributed by atoms with Gasteiger partial charge in [-0.25, -0.2) is 4.79 Å². The quantitative estimate of drug-likeness (QED) is 0.556. The lowest BCUT2D eigenvalue weighted by Gasteiger charge is -2.33. The summed E-state index contributed by atoms with van der Waals surface area (Å²) < 4.78 is 10.6. The van der Waals surface area contributed by atoms with Gasteiger partial charge in [0.2, 0.25) is 0 Å². The molecule has 0 N–H and O–H groups in total. The Morgan fingerprint density at radius 2 is 1.93 bits per heavy atom. The second-order valence-corrected chi connectivity index (χ2v) is 7.85. The van der Waals surface area contributed by atoms with Crippen LogP contribution in [0.4, 0.5) is 10.5 Å². The normalized spacial score (nSPS) is 16.5. The summed E-state index contributed by atoms with van der Waals surface area (Å²) in [4.78, 5) is 39.9.